The summed E-state index contributed by atoms with van der Waals surface area (Å²) in [5.74, 6) is -0.0695. The van der Waals surface area contributed by atoms with Gasteiger partial charge in [0.2, 0.25) is 0 Å². The van der Waals surface area contributed by atoms with Crippen molar-refractivity contribution in [3.8, 4) is 11.1 Å². The summed E-state index contributed by atoms with van der Waals surface area (Å²) in [6, 6.07) is 3.53. The molecule has 8 nitrogen and oxygen atoms in total. The second kappa shape index (κ2) is 6.82. The minimum atomic E-state index is -1.58. The van der Waals surface area contributed by atoms with E-state index in [1.807, 2.05) is 12.3 Å². The summed E-state index contributed by atoms with van der Waals surface area (Å²) in [5, 5.41) is 23.0. The Labute approximate surface area is 168 Å². The smallest absolute Gasteiger partial charge is 0.252 e. The van der Waals surface area contributed by atoms with Gasteiger partial charge in [-0.25, -0.2) is 4.52 Å². The number of aliphatic hydroxyl groups is 2. The SMILES string of the molecule is CC1CCC(=Nc2c(C(N)=O)cnn3cc(-c4c[nH]c(C(O)O)c4)cc23)C1(C)C. The second-order valence-electron chi connectivity index (χ2n) is 8.27. The number of primary amides is 1. The number of nitrogens with two attached hydrogens (primary N) is 1. The zero-order valence-electron chi connectivity index (χ0n) is 16.7. The van der Waals surface area contributed by atoms with Gasteiger partial charge in [-0.3, -0.25) is 9.79 Å². The molecule has 1 fully saturated rings. The number of fused-ring (bicyclic) bond motifs is 1. The number of rotatable bonds is 4. The van der Waals surface area contributed by atoms with E-state index in [2.05, 4.69) is 30.9 Å². The molecule has 0 radical (unpaired) electrons. The van der Waals surface area contributed by atoms with Crippen LogP contribution in [0.2, 0.25) is 0 Å². The molecule has 1 saturated carbocycles. The van der Waals surface area contributed by atoms with Gasteiger partial charge in [-0.2, -0.15) is 5.10 Å². The fourth-order valence-corrected chi connectivity index (χ4v) is 3.88. The van der Waals surface area contributed by atoms with E-state index in [1.165, 1.54) is 6.20 Å². The van der Waals surface area contributed by atoms with Gasteiger partial charge in [-0.15, -0.1) is 0 Å². The van der Waals surface area contributed by atoms with Crippen LogP contribution >= 0.6 is 0 Å². The predicted octanol–water partition coefficient (Wildman–Crippen LogP) is 2.94. The molecule has 5 N–H and O–H groups in total. The molecule has 3 aromatic heterocycles. The predicted molar refractivity (Wildman–Crippen MR) is 110 cm³/mol. The molecule has 0 spiro atoms. The lowest BCUT2D eigenvalue weighted by molar-refractivity contribution is -0.0454. The number of nitrogens with zero attached hydrogens (tertiary/aromatic N) is 3. The molecule has 0 bridgehead atoms. The molecular weight excluding hydrogens is 370 g/mol. The number of aliphatic imine (C=N–C) groups is 1. The van der Waals surface area contributed by atoms with Gasteiger partial charge in [0.1, 0.15) is 5.69 Å². The summed E-state index contributed by atoms with van der Waals surface area (Å²) in [7, 11) is 0. The lowest BCUT2D eigenvalue weighted by atomic mass is 9.82. The molecule has 0 aliphatic heterocycles. The molecule has 0 saturated heterocycles. The minimum absolute atomic E-state index is 0.0581. The first kappa shape index (κ1) is 19.4. The molecule has 1 atom stereocenters. The van der Waals surface area contributed by atoms with Crippen molar-refractivity contribution < 1.29 is 15.0 Å². The Hall–Kier alpha value is -2.97. The highest BCUT2D eigenvalue weighted by Gasteiger charge is 2.37. The first-order valence-electron chi connectivity index (χ1n) is 9.62. The van der Waals surface area contributed by atoms with E-state index in [9.17, 15) is 15.0 Å². The van der Waals surface area contributed by atoms with Crippen molar-refractivity contribution in [3.63, 3.8) is 0 Å². The fraction of sp³-hybridized carbons (Fsp3) is 0.381. The van der Waals surface area contributed by atoms with Crippen LogP contribution in [0.5, 0.6) is 0 Å². The summed E-state index contributed by atoms with van der Waals surface area (Å²) in [6.07, 6.45) is 5.30. The molecule has 3 aromatic rings. The summed E-state index contributed by atoms with van der Waals surface area (Å²) in [4.78, 5) is 19.8. The highest BCUT2D eigenvalue weighted by Crippen LogP contribution is 2.42. The highest BCUT2D eigenvalue weighted by atomic mass is 16.5. The third kappa shape index (κ3) is 3.24. The Morgan fingerprint density at radius 3 is 2.72 bits per heavy atom. The standard InChI is InChI=1S/C21H25N5O3/c1-11-4-5-17(21(11,2)3)25-18-14(19(22)27)9-24-26-10-13(7-16(18)26)12-6-15(20(28)29)23-8-12/h6-11,20,23,28-29H,4-5H2,1-3H3,(H2,22,27). The topological polar surface area (TPSA) is 129 Å². The number of hydrogen-bond donors (Lipinski definition) is 4. The summed E-state index contributed by atoms with van der Waals surface area (Å²) < 4.78 is 1.66. The van der Waals surface area contributed by atoms with Gasteiger partial charge in [0.15, 0.2) is 6.29 Å². The maximum absolute atomic E-state index is 12.1. The Kier molecular flexibility index (Phi) is 4.55. The molecule has 8 heteroatoms. The third-order valence-electron chi connectivity index (χ3n) is 6.23. The monoisotopic (exact) mass is 395 g/mol. The van der Waals surface area contributed by atoms with Gasteiger partial charge in [0.25, 0.3) is 5.91 Å². The quantitative estimate of drug-likeness (QED) is 0.506. The molecule has 1 amide bonds. The van der Waals surface area contributed by atoms with E-state index in [-0.39, 0.29) is 11.0 Å². The number of aromatic nitrogens is 3. The van der Waals surface area contributed by atoms with E-state index in [0.717, 1.165) is 29.7 Å². The largest absolute Gasteiger partial charge is 0.365 e. The number of carbonyl (C=O) groups excluding carboxylic acids is 1. The molecule has 4 rings (SSSR count). The van der Waals surface area contributed by atoms with Crippen molar-refractivity contribution in [3.05, 3.63) is 42.0 Å². The highest BCUT2D eigenvalue weighted by molar-refractivity contribution is 6.04. The summed E-state index contributed by atoms with van der Waals surface area (Å²) in [5.41, 5.74) is 9.96. The van der Waals surface area contributed by atoms with Crippen LogP contribution in [-0.2, 0) is 0 Å². The Bertz CT molecular complexity index is 1120. The Morgan fingerprint density at radius 2 is 2.14 bits per heavy atom. The van der Waals surface area contributed by atoms with Crippen LogP contribution in [0.1, 0.15) is 56.0 Å². The molecule has 0 aromatic carbocycles. The Morgan fingerprint density at radius 1 is 1.38 bits per heavy atom. The lowest BCUT2D eigenvalue weighted by Crippen LogP contribution is -2.23. The van der Waals surface area contributed by atoms with Crippen LogP contribution in [0.25, 0.3) is 16.6 Å². The zero-order chi connectivity index (χ0) is 20.9. The first-order valence-corrected chi connectivity index (χ1v) is 9.62. The minimum Gasteiger partial charge on any atom is -0.365 e. The van der Waals surface area contributed by atoms with Gasteiger partial charge >= 0.3 is 0 Å². The maximum atomic E-state index is 12.1. The zero-order valence-corrected chi connectivity index (χ0v) is 16.7. The molecule has 1 aliphatic rings. The van der Waals surface area contributed by atoms with Crippen LogP contribution in [-0.4, -0.2) is 36.4 Å². The van der Waals surface area contributed by atoms with Crippen LogP contribution in [0.4, 0.5) is 5.69 Å². The van der Waals surface area contributed by atoms with Crippen LogP contribution in [0.3, 0.4) is 0 Å². The van der Waals surface area contributed by atoms with Crippen LogP contribution < -0.4 is 5.73 Å². The normalized spacial score (nSPS) is 20.2. The van der Waals surface area contributed by atoms with Gasteiger partial charge < -0.3 is 20.9 Å². The average Bonchev–Trinajstić information content (AvgIpc) is 3.35. The first-order chi connectivity index (χ1) is 13.7. The van der Waals surface area contributed by atoms with Gasteiger partial charge in [-0.05, 0) is 30.9 Å². The molecule has 1 aliphatic carbocycles. The fourth-order valence-electron chi connectivity index (χ4n) is 3.88. The van der Waals surface area contributed by atoms with E-state index in [4.69, 9.17) is 10.7 Å². The average molecular weight is 395 g/mol. The van der Waals surface area contributed by atoms with Crippen molar-refractivity contribution in [1.29, 1.82) is 0 Å². The van der Waals surface area contributed by atoms with E-state index in [0.29, 0.717) is 22.8 Å². The number of H-pyrrole nitrogens is 1. The Balaban J connectivity index is 1.88. The molecule has 152 valence electrons. The van der Waals surface area contributed by atoms with E-state index in [1.54, 1.807) is 16.8 Å². The number of hydrogen-bond acceptors (Lipinski definition) is 5. The van der Waals surface area contributed by atoms with Crippen molar-refractivity contribution in [2.45, 2.75) is 39.9 Å². The summed E-state index contributed by atoms with van der Waals surface area (Å²) in [6.45, 7) is 6.57. The number of amides is 1. The van der Waals surface area contributed by atoms with Gasteiger partial charge in [0, 0.05) is 34.6 Å². The second-order valence-corrected chi connectivity index (χ2v) is 8.27. The van der Waals surface area contributed by atoms with E-state index < -0.39 is 12.2 Å². The van der Waals surface area contributed by atoms with Crippen LogP contribution in [0.15, 0.2) is 35.7 Å². The number of aromatic amines is 1. The van der Waals surface area contributed by atoms with Crippen molar-refractivity contribution in [1.82, 2.24) is 14.6 Å². The maximum Gasteiger partial charge on any atom is 0.252 e. The third-order valence-corrected chi connectivity index (χ3v) is 6.23. The molecular formula is C21H25N5O3. The van der Waals surface area contributed by atoms with Gasteiger partial charge in [0.05, 0.1) is 23.0 Å². The van der Waals surface area contributed by atoms with Crippen molar-refractivity contribution in [2.24, 2.45) is 22.1 Å². The van der Waals surface area contributed by atoms with Crippen LogP contribution in [0, 0.1) is 11.3 Å². The van der Waals surface area contributed by atoms with Crippen molar-refractivity contribution in [2.75, 3.05) is 0 Å². The van der Waals surface area contributed by atoms with Crippen molar-refractivity contribution >= 4 is 22.8 Å². The molecule has 1 unspecified atom stereocenters. The molecule has 29 heavy (non-hydrogen) atoms. The van der Waals surface area contributed by atoms with Gasteiger partial charge in [-0.1, -0.05) is 20.8 Å². The number of nitrogens with one attached hydrogen (secondary N) is 1. The molecule has 3 heterocycles. The number of aliphatic hydroxyl groups excluding tert-OH is 1. The van der Waals surface area contributed by atoms with E-state index >= 15 is 0 Å². The lowest BCUT2D eigenvalue weighted by Gasteiger charge is -2.24. The summed E-state index contributed by atoms with van der Waals surface area (Å²) >= 11 is 0. The number of carbonyl (C=O) groups is 1.